The first-order valence-electron chi connectivity index (χ1n) is 8.96. The molecule has 1 aliphatic heterocycles. The lowest BCUT2D eigenvalue weighted by molar-refractivity contribution is -0.110. The highest BCUT2D eigenvalue weighted by Gasteiger charge is 2.45. The molecule has 1 unspecified atom stereocenters. The average molecular weight is 313 g/mol. The summed E-state index contributed by atoms with van der Waals surface area (Å²) in [5, 5.41) is 20.5. The number of likely N-dealkylation sites (tertiary alicyclic amines) is 1. The Kier molecular flexibility index (Phi) is 5.92. The van der Waals surface area contributed by atoms with Crippen molar-refractivity contribution in [3.63, 3.8) is 0 Å². The predicted octanol–water partition coefficient (Wildman–Crippen LogP) is 2.71. The fraction of sp³-hybridized carbons (Fsp3) is 1.00. The zero-order valence-electron chi connectivity index (χ0n) is 14.8. The molecule has 2 N–H and O–H groups in total. The number of rotatable bonds is 5. The molecule has 4 heteroatoms. The third-order valence-electron chi connectivity index (χ3n) is 5.40. The highest BCUT2D eigenvalue weighted by atomic mass is 16.5. The molecule has 1 atom stereocenters. The molecule has 0 spiro atoms. The summed E-state index contributed by atoms with van der Waals surface area (Å²) in [6.45, 7) is 9.67. The van der Waals surface area contributed by atoms with Gasteiger partial charge >= 0.3 is 0 Å². The first-order chi connectivity index (χ1) is 10.2. The van der Waals surface area contributed by atoms with Gasteiger partial charge in [-0.3, -0.25) is 4.90 Å². The molecular formula is C18H35NO3. The van der Waals surface area contributed by atoms with Crippen LogP contribution in [0.4, 0.5) is 0 Å². The number of nitrogens with zero attached hydrogens (tertiary/aromatic N) is 1. The molecule has 130 valence electrons. The van der Waals surface area contributed by atoms with E-state index in [0.717, 1.165) is 25.7 Å². The summed E-state index contributed by atoms with van der Waals surface area (Å²) in [7, 11) is 0. The summed E-state index contributed by atoms with van der Waals surface area (Å²) in [4.78, 5) is 2.35. The van der Waals surface area contributed by atoms with Gasteiger partial charge in [0, 0.05) is 17.6 Å². The lowest BCUT2D eigenvalue weighted by Gasteiger charge is -2.55. The van der Waals surface area contributed by atoms with Crippen molar-refractivity contribution in [2.45, 2.75) is 102 Å². The molecule has 1 saturated carbocycles. The normalized spacial score (nSPS) is 28.6. The van der Waals surface area contributed by atoms with Gasteiger partial charge in [-0.05, 0) is 53.4 Å². The lowest BCUT2D eigenvalue weighted by atomic mass is 9.78. The summed E-state index contributed by atoms with van der Waals surface area (Å²) >= 11 is 0. The van der Waals surface area contributed by atoms with E-state index in [1.54, 1.807) is 0 Å². The number of aliphatic hydroxyl groups excluding tert-OH is 2. The molecule has 1 saturated heterocycles. The van der Waals surface area contributed by atoms with E-state index in [1.807, 2.05) is 0 Å². The molecule has 2 aliphatic rings. The van der Waals surface area contributed by atoms with Crippen molar-refractivity contribution in [2.75, 3.05) is 13.2 Å². The molecule has 2 rings (SSSR count). The lowest BCUT2D eigenvalue weighted by Crippen LogP contribution is -2.63. The van der Waals surface area contributed by atoms with Gasteiger partial charge in [-0.2, -0.15) is 0 Å². The fourth-order valence-corrected chi connectivity index (χ4v) is 4.50. The smallest absolute Gasteiger partial charge is 0.0900 e. The molecule has 1 aliphatic carbocycles. The third-order valence-corrected chi connectivity index (χ3v) is 5.40. The van der Waals surface area contributed by atoms with Crippen LogP contribution < -0.4 is 0 Å². The zero-order chi connectivity index (χ0) is 16.4. The molecule has 1 heterocycles. The minimum absolute atomic E-state index is 0.104. The van der Waals surface area contributed by atoms with E-state index in [-0.39, 0.29) is 17.2 Å². The van der Waals surface area contributed by atoms with Crippen LogP contribution in [0.2, 0.25) is 0 Å². The first kappa shape index (κ1) is 18.2. The van der Waals surface area contributed by atoms with Crippen LogP contribution in [0.15, 0.2) is 0 Å². The summed E-state index contributed by atoms with van der Waals surface area (Å²) in [5.41, 5.74) is -0.208. The summed E-state index contributed by atoms with van der Waals surface area (Å²) < 4.78 is 5.92. The molecule has 2 fully saturated rings. The molecular weight excluding hydrogens is 278 g/mol. The largest absolute Gasteiger partial charge is 0.393 e. The molecule has 0 radical (unpaired) electrons. The van der Waals surface area contributed by atoms with E-state index < -0.39 is 6.10 Å². The van der Waals surface area contributed by atoms with E-state index in [0.29, 0.717) is 19.3 Å². The maximum Gasteiger partial charge on any atom is 0.0900 e. The zero-order valence-corrected chi connectivity index (χ0v) is 14.8. The van der Waals surface area contributed by atoms with Crippen LogP contribution >= 0.6 is 0 Å². The monoisotopic (exact) mass is 313 g/mol. The molecule has 22 heavy (non-hydrogen) atoms. The van der Waals surface area contributed by atoms with Crippen molar-refractivity contribution in [2.24, 2.45) is 0 Å². The Morgan fingerprint density at radius 1 is 1.05 bits per heavy atom. The van der Waals surface area contributed by atoms with Gasteiger partial charge in [0.25, 0.3) is 0 Å². The Morgan fingerprint density at radius 2 is 1.59 bits per heavy atom. The minimum atomic E-state index is -0.462. The number of β-amino-alcohol motifs (C(OH)–C–C–N with tert-alkyl or cyclic N) is 1. The third kappa shape index (κ3) is 4.67. The minimum Gasteiger partial charge on any atom is -0.393 e. The quantitative estimate of drug-likeness (QED) is 0.819. The van der Waals surface area contributed by atoms with Gasteiger partial charge in [0.1, 0.15) is 0 Å². The van der Waals surface area contributed by atoms with Gasteiger partial charge in [0.05, 0.1) is 24.9 Å². The van der Waals surface area contributed by atoms with Gasteiger partial charge in [-0.25, -0.2) is 0 Å². The molecule has 0 amide bonds. The van der Waals surface area contributed by atoms with Crippen LogP contribution in [0.25, 0.3) is 0 Å². The Balaban J connectivity index is 1.86. The molecule has 0 aromatic carbocycles. The van der Waals surface area contributed by atoms with E-state index in [2.05, 4.69) is 32.6 Å². The van der Waals surface area contributed by atoms with Crippen molar-refractivity contribution in [3.05, 3.63) is 0 Å². The van der Waals surface area contributed by atoms with Crippen LogP contribution in [0, 0.1) is 0 Å². The summed E-state index contributed by atoms with van der Waals surface area (Å²) in [5.74, 6) is 0. The number of aliphatic hydroxyl groups is 2. The summed E-state index contributed by atoms with van der Waals surface area (Å²) in [6.07, 6.45) is 7.25. The second kappa shape index (κ2) is 7.16. The highest BCUT2D eigenvalue weighted by Crippen LogP contribution is 2.38. The van der Waals surface area contributed by atoms with E-state index in [9.17, 15) is 10.2 Å². The maximum atomic E-state index is 10.4. The second-order valence-electron chi connectivity index (χ2n) is 8.54. The van der Waals surface area contributed by atoms with Crippen molar-refractivity contribution < 1.29 is 14.9 Å². The Hall–Kier alpha value is -0.160. The first-order valence-corrected chi connectivity index (χ1v) is 8.96. The number of hydrogen-bond acceptors (Lipinski definition) is 4. The highest BCUT2D eigenvalue weighted by molar-refractivity contribution is 5.00. The summed E-state index contributed by atoms with van der Waals surface area (Å²) in [6, 6.07) is 0. The SMILES string of the molecule is CC1(C)CC(O)CC(C)(C)N1CC(O)COC1CCCCC1. The molecule has 4 nitrogen and oxygen atoms in total. The topological polar surface area (TPSA) is 52.9 Å². The Labute approximate surface area is 135 Å². The van der Waals surface area contributed by atoms with Crippen molar-refractivity contribution >= 4 is 0 Å². The molecule has 0 aromatic heterocycles. The van der Waals surface area contributed by atoms with Crippen LogP contribution in [0.3, 0.4) is 0 Å². The fourth-order valence-electron chi connectivity index (χ4n) is 4.50. The van der Waals surface area contributed by atoms with Gasteiger partial charge in [0.15, 0.2) is 0 Å². The van der Waals surface area contributed by atoms with E-state index >= 15 is 0 Å². The number of ether oxygens (including phenoxy) is 1. The predicted molar refractivity (Wildman–Crippen MR) is 88.9 cm³/mol. The molecule has 0 aromatic rings. The van der Waals surface area contributed by atoms with E-state index in [4.69, 9.17) is 4.74 Å². The Morgan fingerprint density at radius 3 is 2.14 bits per heavy atom. The standard InChI is InChI=1S/C18H35NO3/c1-17(2)10-14(20)11-18(3,4)19(17)12-15(21)13-22-16-8-6-5-7-9-16/h14-16,20-21H,5-13H2,1-4H3. The van der Waals surface area contributed by atoms with Crippen LogP contribution in [-0.4, -0.2) is 57.7 Å². The number of hydrogen-bond donors (Lipinski definition) is 2. The van der Waals surface area contributed by atoms with Crippen LogP contribution in [0.5, 0.6) is 0 Å². The Bertz CT molecular complexity index is 332. The maximum absolute atomic E-state index is 10.4. The van der Waals surface area contributed by atoms with Crippen molar-refractivity contribution in [3.8, 4) is 0 Å². The van der Waals surface area contributed by atoms with Gasteiger partial charge in [0.2, 0.25) is 0 Å². The van der Waals surface area contributed by atoms with Gasteiger partial charge < -0.3 is 14.9 Å². The molecule has 0 bridgehead atoms. The van der Waals surface area contributed by atoms with Crippen molar-refractivity contribution in [1.82, 2.24) is 4.90 Å². The van der Waals surface area contributed by atoms with E-state index in [1.165, 1.54) is 19.3 Å². The van der Waals surface area contributed by atoms with Crippen LogP contribution in [-0.2, 0) is 4.74 Å². The number of piperidine rings is 1. The second-order valence-corrected chi connectivity index (χ2v) is 8.54. The average Bonchev–Trinajstić information content (AvgIpc) is 2.40. The van der Waals surface area contributed by atoms with Crippen molar-refractivity contribution in [1.29, 1.82) is 0 Å². The van der Waals surface area contributed by atoms with Gasteiger partial charge in [-0.1, -0.05) is 19.3 Å². The van der Waals surface area contributed by atoms with Crippen LogP contribution in [0.1, 0.15) is 72.6 Å². The van der Waals surface area contributed by atoms with Gasteiger partial charge in [-0.15, -0.1) is 0 Å².